The number of carbonyl (C=O) groups is 1. The van der Waals surface area contributed by atoms with Gasteiger partial charge in [0.25, 0.3) is 0 Å². The first-order valence-electron chi connectivity index (χ1n) is 6.17. The van der Waals surface area contributed by atoms with Gasteiger partial charge in [-0.1, -0.05) is 43.1 Å². The van der Waals surface area contributed by atoms with Crippen LogP contribution in [0.5, 0.6) is 0 Å². The van der Waals surface area contributed by atoms with E-state index >= 15 is 0 Å². The zero-order chi connectivity index (χ0) is 13.5. The fourth-order valence-corrected chi connectivity index (χ4v) is 1.01. The monoisotopic (exact) mass is 244 g/mol. The van der Waals surface area contributed by atoms with Gasteiger partial charge in [0, 0.05) is 18.9 Å². The Balaban J connectivity index is 3.65. The van der Waals surface area contributed by atoms with E-state index in [0.717, 1.165) is 25.7 Å². The van der Waals surface area contributed by atoms with E-state index in [4.69, 9.17) is 0 Å². The van der Waals surface area contributed by atoms with Gasteiger partial charge in [-0.05, 0) is 25.0 Å². The number of unbranched alkanes of at least 4 members (excludes halogenated alkanes) is 3. The minimum Gasteiger partial charge on any atom is -0.466 e. The van der Waals surface area contributed by atoms with Crippen molar-refractivity contribution in [1.82, 2.24) is 0 Å². The van der Waals surface area contributed by atoms with E-state index in [0.29, 0.717) is 0 Å². The molecule has 0 aromatic carbocycles. The predicted molar refractivity (Wildman–Crippen MR) is 74.6 cm³/mol. The second kappa shape index (κ2) is 13.1. The molecule has 0 N–H and O–H groups in total. The van der Waals surface area contributed by atoms with Crippen LogP contribution in [0, 0.1) is 23.7 Å². The molecule has 0 unspecified atom stereocenters. The molecule has 0 amide bonds. The van der Waals surface area contributed by atoms with Gasteiger partial charge in [-0.3, -0.25) is 0 Å². The molecule has 0 rings (SSSR count). The molecule has 0 aliphatic rings. The van der Waals surface area contributed by atoms with E-state index in [-0.39, 0.29) is 5.97 Å². The third kappa shape index (κ3) is 12.1. The van der Waals surface area contributed by atoms with Gasteiger partial charge < -0.3 is 4.74 Å². The second-order valence-corrected chi connectivity index (χ2v) is 3.54. The maximum Gasteiger partial charge on any atom is 0.330 e. The molecule has 0 bridgehead atoms. The highest BCUT2D eigenvalue weighted by Crippen LogP contribution is 1.91. The zero-order valence-electron chi connectivity index (χ0n) is 11.2. The highest BCUT2D eigenvalue weighted by Gasteiger charge is 1.87. The van der Waals surface area contributed by atoms with Crippen molar-refractivity contribution in [2.75, 3.05) is 7.11 Å². The molecule has 0 aromatic rings. The van der Waals surface area contributed by atoms with Gasteiger partial charge in [-0.15, -0.1) is 0 Å². The fraction of sp³-hybridized carbons (Fsp3) is 0.438. The van der Waals surface area contributed by atoms with E-state index in [1.807, 2.05) is 0 Å². The van der Waals surface area contributed by atoms with Gasteiger partial charge in [0.2, 0.25) is 0 Å². The summed E-state index contributed by atoms with van der Waals surface area (Å²) in [4.78, 5) is 10.7. The third-order valence-electron chi connectivity index (χ3n) is 2.00. The third-order valence-corrected chi connectivity index (χ3v) is 2.00. The number of allylic oxidation sites excluding steroid dienone is 3. The normalized spacial score (nSPS) is 9.67. The van der Waals surface area contributed by atoms with E-state index in [1.165, 1.54) is 19.6 Å². The minimum atomic E-state index is -0.329. The van der Waals surface area contributed by atoms with Crippen molar-refractivity contribution in [2.45, 2.75) is 39.0 Å². The van der Waals surface area contributed by atoms with Crippen LogP contribution in [0.4, 0.5) is 0 Å². The number of rotatable bonds is 5. The molecule has 0 radical (unpaired) electrons. The van der Waals surface area contributed by atoms with Crippen LogP contribution in [0.3, 0.4) is 0 Å². The highest BCUT2D eigenvalue weighted by molar-refractivity contribution is 5.81. The van der Waals surface area contributed by atoms with E-state index in [2.05, 4.69) is 35.3 Å². The lowest BCUT2D eigenvalue weighted by Crippen LogP contribution is -1.93. The van der Waals surface area contributed by atoms with Crippen LogP contribution in [0.25, 0.3) is 0 Å². The number of esters is 1. The lowest BCUT2D eigenvalue weighted by Gasteiger charge is -1.87. The average Bonchev–Trinajstić information content (AvgIpc) is 2.39. The minimum absolute atomic E-state index is 0.329. The molecule has 0 aliphatic carbocycles. The summed E-state index contributed by atoms with van der Waals surface area (Å²) in [7, 11) is 1.36. The fourth-order valence-electron chi connectivity index (χ4n) is 1.01. The van der Waals surface area contributed by atoms with Crippen molar-refractivity contribution in [3.05, 3.63) is 24.3 Å². The van der Waals surface area contributed by atoms with E-state index in [1.54, 1.807) is 18.2 Å². The summed E-state index contributed by atoms with van der Waals surface area (Å²) < 4.78 is 4.46. The molecule has 0 spiro atoms. The first kappa shape index (κ1) is 16.1. The standard InChI is InChI=1S/C16H20O2/c1-3-4-5-6-7-8-9-10-11-12-13-14-15-16(17)18-2/h8-9,14-15H,3-5,12-13H2,1-2H3/b9-8+,15-14+. The molecule has 0 atom stereocenters. The molecular weight excluding hydrogens is 224 g/mol. The van der Waals surface area contributed by atoms with Crippen LogP contribution in [0.15, 0.2) is 24.3 Å². The topological polar surface area (TPSA) is 26.3 Å². The Kier molecular flexibility index (Phi) is 11.7. The number of hydrogen-bond acceptors (Lipinski definition) is 2. The van der Waals surface area contributed by atoms with Crippen LogP contribution < -0.4 is 0 Å². The molecule has 2 nitrogen and oxygen atoms in total. The quantitative estimate of drug-likeness (QED) is 0.321. The SMILES string of the molecule is CCCCC#C/C=C/C#CCC/C=C/C(=O)OC. The van der Waals surface area contributed by atoms with Crippen molar-refractivity contribution in [3.8, 4) is 23.7 Å². The predicted octanol–water partition coefficient (Wildman–Crippen LogP) is 3.25. The summed E-state index contributed by atoms with van der Waals surface area (Å²) in [5.41, 5.74) is 0. The summed E-state index contributed by atoms with van der Waals surface area (Å²) in [5.74, 6) is 11.5. The highest BCUT2D eigenvalue weighted by atomic mass is 16.5. The van der Waals surface area contributed by atoms with Gasteiger partial charge in [0.05, 0.1) is 7.11 Å². The largest absolute Gasteiger partial charge is 0.466 e. The maximum absolute atomic E-state index is 10.7. The number of methoxy groups -OCH3 is 1. The Morgan fingerprint density at radius 1 is 1.17 bits per heavy atom. The summed E-state index contributed by atoms with van der Waals surface area (Å²) in [6.45, 7) is 2.15. The summed E-state index contributed by atoms with van der Waals surface area (Å²) in [6.07, 6.45) is 11.4. The molecule has 18 heavy (non-hydrogen) atoms. The summed E-state index contributed by atoms with van der Waals surface area (Å²) in [5, 5.41) is 0. The van der Waals surface area contributed by atoms with Gasteiger partial charge in [-0.2, -0.15) is 0 Å². The van der Waals surface area contributed by atoms with Crippen LogP contribution in [-0.4, -0.2) is 13.1 Å². The van der Waals surface area contributed by atoms with E-state index in [9.17, 15) is 4.79 Å². The second-order valence-electron chi connectivity index (χ2n) is 3.54. The lowest BCUT2D eigenvalue weighted by molar-refractivity contribution is -0.134. The molecule has 0 saturated carbocycles. The van der Waals surface area contributed by atoms with Crippen LogP contribution in [-0.2, 0) is 9.53 Å². The van der Waals surface area contributed by atoms with Gasteiger partial charge in [0.15, 0.2) is 0 Å². The number of ether oxygens (including phenoxy) is 1. The first-order valence-corrected chi connectivity index (χ1v) is 6.17. The molecule has 96 valence electrons. The smallest absolute Gasteiger partial charge is 0.330 e. The van der Waals surface area contributed by atoms with Crippen molar-refractivity contribution in [3.63, 3.8) is 0 Å². The molecule has 0 heterocycles. The molecule has 2 heteroatoms. The average molecular weight is 244 g/mol. The van der Waals surface area contributed by atoms with Crippen molar-refractivity contribution >= 4 is 5.97 Å². The van der Waals surface area contributed by atoms with E-state index < -0.39 is 0 Å². The Morgan fingerprint density at radius 2 is 1.83 bits per heavy atom. The first-order chi connectivity index (χ1) is 8.81. The van der Waals surface area contributed by atoms with Crippen molar-refractivity contribution in [1.29, 1.82) is 0 Å². The van der Waals surface area contributed by atoms with Gasteiger partial charge >= 0.3 is 5.97 Å². The maximum atomic E-state index is 10.7. The molecular formula is C16H20O2. The Bertz CT molecular complexity index is 394. The Labute approximate surface area is 110 Å². The summed E-state index contributed by atoms with van der Waals surface area (Å²) >= 11 is 0. The number of carbonyl (C=O) groups excluding carboxylic acids is 1. The van der Waals surface area contributed by atoms with Gasteiger partial charge in [-0.25, -0.2) is 4.79 Å². The lowest BCUT2D eigenvalue weighted by atomic mass is 10.2. The number of hydrogen-bond donors (Lipinski definition) is 0. The molecule has 0 fully saturated rings. The van der Waals surface area contributed by atoms with Crippen molar-refractivity contribution < 1.29 is 9.53 Å². The van der Waals surface area contributed by atoms with Gasteiger partial charge in [0.1, 0.15) is 0 Å². The van der Waals surface area contributed by atoms with Crippen LogP contribution in [0.1, 0.15) is 39.0 Å². The summed E-state index contributed by atoms with van der Waals surface area (Å²) in [6, 6.07) is 0. The zero-order valence-corrected chi connectivity index (χ0v) is 11.2. The molecule has 0 aliphatic heterocycles. The molecule has 0 saturated heterocycles. The van der Waals surface area contributed by atoms with Crippen LogP contribution in [0.2, 0.25) is 0 Å². The Hall–Kier alpha value is -1.93. The van der Waals surface area contributed by atoms with Crippen LogP contribution >= 0.6 is 0 Å². The van der Waals surface area contributed by atoms with Crippen molar-refractivity contribution in [2.24, 2.45) is 0 Å². The molecule has 0 aromatic heterocycles. The Morgan fingerprint density at radius 3 is 2.44 bits per heavy atom.